The van der Waals surface area contributed by atoms with E-state index >= 15 is 0 Å². The van der Waals surface area contributed by atoms with Crippen LogP contribution in [0.25, 0.3) is 0 Å². The van der Waals surface area contributed by atoms with E-state index < -0.39 is 31.3 Å². The monoisotopic (exact) mass is 410 g/mol. The summed E-state index contributed by atoms with van der Waals surface area (Å²) in [6, 6.07) is 0. The zero-order valence-corrected chi connectivity index (χ0v) is 15.0. The quantitative estimate of drug-likeness (QED) is 0.550. The van der Waals surface area contributed by atoms with Gasteiger partial charge >= 0.3 is 0 Å². The highest BCUT2D eigenvalue weighted by molar-refractivity contribution is 6.55. The number of halogens is 8. The van der Waals surface area contributed by atoms with Crippen molar-refractivity contribution in [3.8, 4) is 0 Å². The molecule has 2 aliphatic rings. The van der Waals surface area contributed by atoms with Crippen LogP contribution < -0.4 is 0 Å². The minimum absolute atomic E-state index is 0.108. The molecule has 0 aliphatic heterocycles. The topological polar surface area (TPSA) is 0 Å². The highest BCUT2D eigenvalue weighted by Crippen LogP contribution is 2.77. The Morgan fingerprint density at radius 3 is 1.61 bits per heavy atom. The van der Waals surface area contributed by atoms with E-state index in [2.05, 4.69) is 0 Å². The van der Waals surface area contributed by atoms with Gasteiger partial charge in [-0.1, -0.05) is 23.2 Å². The first-order valence-corrected chi connectivity index (χ1v) is 8.93. The molecule has 2 aliphatic carbocycles. The summed E-state index contributed by atoms with van der Waals surface area (Å²) in [5.41, 5.74) is -1.56. The summed E-state index contributed by atoms with van der Waals surface area (Å²) in [5, 5.41) is -1.52. The van der Waals surface area contributed by atoms with Crippen LogP contribution in [0.4, 0.5) is 0 Å². The Kier molecular flexibility index (Phi) is 4.82. The van der Waals surface area contributed by atoms with Crippen LogP contribution in [0.1, 0.15) is 0 Å². The van der Waals surface area contributed by atoms with Gasteiger partial charge in [0.25, 0.3) is 0 Å². The molecule has 0 heterocycles. The molecule has 0 aromatic rings. The van der Waals surface area contributed by atoms with E-state index in [1.807, 2.05) is 0 Å². The lowest BCUT2D eigenvalue weighted by Crippen LogP contribution is -2.56. The van der Waals surface area contributed by atoms with Crippen molar-refractivity contribution in [2.24, 2.45) is 16.7 Å². The highest BCUT2D eigenvalue weighted by atomic mass is 35.5. The standard InChI is InChI=1S/C10H10Cl8/c11-1-8(2-12)4-5(14)7(16)9(8,3-13)10(17,18)6(4)15/h4-7H,1-3H2/t4-,5-,6-,7+,9+/m1/s1. The molecule has 2 fully saturated rings. The number of hydrogen-bond donors (Lipinski definition) is 0. The van der Waals surface area contributed by atoms with Gasteiger partial charge in [0, 0.05) is 34.4 Å². The van der Waals surface area contributed by atoms with Crippen molar-refractivity contribution in [1.82, 2.24) is 0 Å². The van der Waals surface area contributed by atoms with Crippen molar-refractivity contribution in [2.45, 2.75) is 20.5 Å². The molecule has 2 bridgehead atoms. The summed E-state index contributed by atoms with van der Waals surface area (Å²) < 4.78 is -1.30. The molecule has 2 rings (SSSR count). The van der Waals surface area contributed by atoms with E-state index in [0.717, 1.165) is 0 Å². The van der Waals surface area contributed by atoms with Gasteiger partial charge in [-0.2, -0.15) is 0 Å². The van der Waals surface area contributed by atoms with E-state index in [1.165, 1.54) is 0 Å². The van der Waals surface area contributed by atoms with Crippen molar-refractivity contribution in [3.05, 3.63) is 0 Å². The normalized spacial score (nSPS) is 48.7. The molecule has 0 aromatic heterocycles. The Morgan fingerprint density at radius 1 is 0.778 bits per heavy atom. The number of rotatable bonds is 3. The third-order valence-corrected chi connectivity index (χ3v) is 9.20. The molecule has 0 amide bonds. The van der Waals surface area contributed by atoms with Gasteiger partial charge in [-0.3, -0.25) is 0 Å². The molecule has 2 saturated carbocycles. The summed E-state index contributed by atoms with van der Waals surface area (Å²) in [7, 11) is 0. The third-order valence-electron chi connectivity index (χ3n) is 4.56. The molecular weight excluding hydrogens is 404 g/mol. The lowest BCUT2D eigenvalue weighted by atomic mass is 9.70. The first-order valence-electron chi connectivity index (χ1n) is 5.26. The number of hydrogen-bond acceptors (Lipinski definition) is 0. The lowest BCUT2D eigenvalue weighted by molar-refractivity contribution is 0.160. The second kappa shape index (κ2) is 5.20. The Morgan fingerprint density at radius 2 is 1.28 bits per heavy atom. The second-order valence-corrected chi connectivity index (χ2v) is 8.56. The SMILES string of the molecule is ClCC1(CCl)[C@@H]2[C@@H](Cl)[C@H](Cl)[C@]1(CCl)C(Cl)(Cl)[C@@H]2Cl. The van der Waals surface area contributed by atoms with E-state index in [1.54, 1.807) is 0 Å². The van der Waals surface area contributed by atoms with Gasteiger partial charge in [0.15, 0.2) is 0 Å². The fourth-order valence-electron chi connectivity index (χ4n) is 3.51. The van der Waals surface area contributed by atoms with Crippen molar-refractivity contribution in [3.63, 3.8) is 0 Å². The summed E-state index contributed by atoms with van der Waals surface area (Å²) >= 11 is 50.6. The number of fused-ring (bicyclic) bond motifs is 2. The van der Waals surface area contributed by atoms with Crippen LogP contribution in [-0.2, 0) is 0 Å². The Hall–Kier alpha value is 2.32. The van der Waals surface area contributed by atoms with Gasteiger partial charge in [0.05, 0.1) is 16.1 Å². The van der Waals surface area contributed by atoms with Crippen LogP contribution in [-0.4, -0.2) is 38.1 Å². The molecule has 0 radical (unpaired) electrons. The predicted octanol–water partition coefficient (Wildman–Crippen LogP) is 5.32. The van der Waals surface area contributed by atoms with Crippen LogP contribution in [0.3, 0.4) is 0 Å². The third kappa shape index (κ3) is 1.56. The minimum atomic E-state index is -1.30. The first-order chi connectivity index (χ1) is 8.28. The summed E-state index contributed by atoms with van der Waals surface area (Å²) in [6.07, 6.45) is 0. The van der Waals surface area contributed by atoms with Gasteiger partial charge in [-0.15, -0.1) is 69.6 Å². The van der Waals surface area contributed by atoms with Crippen molar-refractivity contribution in [1.29, 1.82) is 0 Å². The molecule has 8 heteroatoms. The van der Waals surface area contributed by atoms with E-state index in [4.69, 9.17) is 92.8 Å². The van der Waals surface area contributed by atoms with Crippen LogP contribution in [0.5, 0.6) is 0 Å². The highest BCUT2D eigenvalue weighted by Gasteiger charge is 2.83. The van der Waals surface area contributed by atoms with Gasteiger partial charge in [-0.25, -0.2) is 0 Å². The van der Waals surface area contributed by atoms with Crippen molar-refractivity contribution in [2.75, 3.05) is 17.6 Å². The smallest absolute Gasteiger partial charge is 0.126 e. The summed E-state index contributed by atoms with van der Waals surface area (Å²) in [5.74, 6) is 0.263. The van der Waals surface area contributed by atoms with E-state index in [9.17, 15) is 0 Å². The first kappa shape index (κ1) is 16.7. The van der Waals surface area contributed by atoms with Crippen LogP contribution in [0.15, 0.2) is 0 Å². The van der Waals surface area contributed by atoms with Gasteiger partial charge < -0.3 is 0 Å². The Labute approximate surface area is 146 Å². The molecule has 0 N–H and O–H groups in total. The lowest BCUT2D eigenvalue weighted by Gasteiger charge is -2.47. The van der Waals surface area contributed by atoms with Crippen LogP contribution >= 0.6 is 92.8 Å². The molecule has 18 heavy (non-hydrogen) atoms. The molecule has 5 atom stereocenters. The zero-order valence-electron chi connectivity index (χ0n) is 8.95. The van der Waals surface area contributed by atoms with Crippen molar-refractivity contribution >= 4 is 92.8 Å². The maximum absolute atomic E-state index is 6.46. The van der Waals surface area contributed by atoms with Crippen LogP contribution in [0.2, 0.25) is 0 Å². The Balaban J connectivity index is 2.70. The second-order valence-electron chi connectivity index (χ2n) is 4.93. The van der Waals surface area contributed by atoms with E-state index in [0.29, 0.717) is 0 Å². The Bertz CT molecular complexity index is 341. The van der Waals surface area contributed by atoms with Gasteiger partial charge in [-0.05, 0) is 0 Å². The maximum atomic E-state index is 6.46. The molecule has 0 nitrogen and oxygen atoms in total. The molecule has 0 spiro atoms. The predicted molar refractivity (Wildman–Crippen MR) is 83.9 cm³/mol. The molecule has 0 aromatic carbocycles. The maximum Gasteiger partial charge on any atom is 0.143 e. The molecular formula is C10H10Cl8. The van der Waals surface area contributed by atoms with Gasteiger partial charge in [0.1, 0.15) is 4.33 Å². The van der Waals surface area contributed by atoms with E-state index in [-0.39, 0.29) is 23.6 Å². The summed E-state index contributed by atoms with van der Waals surface area (Å²) in [6.45, 7) is 0. The molecule has 106 valence electrons. The number of alkyl halides is 8. The fraction of sp³-hybridized carbons (Fsp3) is 1.00. The largest absolute Gasteiger partial charge is 0.143 e. The zero-order chi connectivity index (χ0) is 13.9. The minimum Gasteiger partial charge on any atom is -0.126 e. The van der Waals surface area contributed by atoms with Crippen LogP contribution in [0, 0.1) is 16.7 Å². The fourth-order valence-corrected chi connectivity index (χ4v) is 8.51. The summed E-state index contributed by atoms with van der Waals surface area (Å²) in [4.78, 5) is 0. The van der Waals surface area contributed by atoms with Gasteiger partial charge in [0.2, 0.25) is 0 Å². The molecule has 0 unspecified atom stereocenters. The average Bonchev–Trinajstić information content (AvgIpc) is 2.63. The average molecular weight is 414 g/mol. The molecule has 0 saturated heterocycles. The van der Waals surface area contributed by atoms with Crippen molar-refractivity contribution < 1.29 is 0 Å².